The Morgan fingerprint density at radius 3 is 1.64 bits per heavy atom. The van der Waals surface area contributed by atoms with Crippen molar-refractivity contribution in [1.82, 2.24) is 4.90 Å². The molecule has 0 heterocycles. The van der Waals surface area contributed by atoms with Crippen molar-refractivity contribution in [3.05, 3.63) is 12.2 Å². The lowest BCUT2D eigenvalue weighted by molar-refractivity contribution is -0.150. The summed E-state index contributed by atoms with van der Waals surface area (Å²) in [7, 11) is 4.09. The molecule has 0 fully saturated rings. The highest BCUT2D eigenvalue weighted by Crippen LogP contribution is 2.18. The van der Waals surface area contributed by atoms with Gasteiger partial charge >= 0.3 is 11.9 Å². The second kappa shape index (κ2) is 29.6. The van der Waals surface area contributed by atoms with E-state index in [0.29, 0.717) is 19.4 Å². The predicted molar refractivity (Wildman–Crippen MR) is 166 cm³/mol. The second-order valence-electron chi connectivity index (χ2n) is 11.5. The standard InChI is InChI=1S/C34H65NO4/c1-5-7-8-9-17-20-23-27-32(39-34(37)30-26-31-35(3)4)28-24-21-18-15-13-11-10-12-14-16-19-22-25-29-33(36)38-6-2/h12,14,32H,5-11,13,15-31H2,1-4H3/b14-12-. The number of nitrogens with zero attached hydrogens (tertiary/aromatic N) is 1. The Morgan fingerprint density at radius 2 is 1.10 bits per heavy atom. The molecule has 0 aliphatic carbocycles. The number of allylic oxidation sites excluding steroid dienone is 2. The first-order chi connectivity index (χ1) is 19.0. The van der Waals surface area contributed by atoms with Crippen molar-refractivity contribution in [2.45, 2.75) is 168 Å². The molecular formula is C34H65NO4. The molecule has 5 nitrogen and oxygen atoms in total. The van der Waals surface area contributed by atoms with Gasteiger partial charge in [-0.2, -0.15) is 0 Å². The van der Waals surface area contributed by atoms with Crippen LogP contribution in [0.3, 0.4) is 0 Å². The molecule has 0 aromatic heterocycles. The number of hydrogen-bond acceptors (Lipinski definition) is 5. The highest BCUT2D eigenvalue weighted by Gasteiger charge is 2.14. The molecule has 0 radical (unpaired) electrons. The summed E-state index contributed by atoms with van der Waals surface area (Å²) >= 11 is 0. The van der Waals surface area contributed by atoms with Crippen LogP contribution in [0.5, 0.6) is 0 Å². The molecule has 230 valence electrons. The van der Waals surface area contributed by atoms with Crippen molar-refractivity contribution >= 4 is 11.9 Å². The molecular weight excluding hydrogens is 486 g/mol. The van der Waals surface area contributed by atoms with Gasteiger partial charge in [-0.05, 0) is 91.8 Å². The lowest BCUT2D eigenvalue weighted by atomic mass is 10.0. The monoisotopic (exact) mass is 551 g/mol. The van der Waals surface area contributed by atoms with Crippen molar-refractivity contribution in [1.29, 1.82) is 0 Å². The highest BCUT2D eigenvalue weighted by atomic mass is 16.5. The maximum atomic E-state index is 12.4. The summed E-state index contributed by atoms with van der Waals surface area (Å²) in [5.74, 6) is -0.0690. The zero-order valence-electron chi connectivity index (χ0n) is 26.5. The van der Waals surface area contributed by atoms with Crippen LogP contribution in [-0.2, 0) is 19.1 Å². The first-order valence-corrected chi connectivity index (χ1v) is 16.6. The summed E-state index contributed by atoms with van der Waals surface area (Å²) in [5.41, 5.74) is 0. The Labute approximate surface area is 242 Å². The number of carbonyl (C=O) groups excluding carboxylic acids is 2. The molecule has 0 bridgehead atoms. The van der Waals surface area contributed by atoms with Gasteiger partial charge in [-0.25, -0.2) is 0 Å². The minimum atomic E-state index is -0.0639. The molecule has 0 amide bonds. The Kier molecular flexibility index (Phi) is 28.6. The Bertz CT molecular complexity index is 576. The molecule has 39 heavy (non-hydrogen) atoms. The fourth-order valence-corrected chi connectivity index (χ4v) is 4.89. The molecule has 0 rings (SSSR count). The van der Waals surface area contributed by atoms with Gasteiger partial charge in [0.25, 0.3) is 0 Å². The lowest BCUT2D eigenvalue weighted by Crippen LogP contribution is -2.20. The van der Waals surface area contributed by atoms with Crippen LogP contribution in [0.4, 0.5) is 0 Å². The maximum Gasteiger partial charge on any atom is 0.306 e. The van der Waals surface area contributed by atoms with Crippen LogP contribution in [0.1, 0.15) is 162 Å². The van der Waals surface area contributed by atoms with Gasteiger partial charge < -0.3 is 14.4 Å². The van der Waals surface area contributed by atoms with E-state index in [1.165, 1.54) is 89.9 Å². The van der Waals surface area contributed by atoms with Gasteiger partial charge in [0.1, 0.15) is 6.10 Å². The number of unbranched alkanes of at least 4 members (excludes halogenated alkanes) is 15. The van der Waals surface area contributed by atoms with Crippen LogP contribution in [-0.4, -0.2) is 50.2 Å². The Balaban J connectivity index is 3.88. The van der Waals surface area contributed by atoms with E-state index in [1.54, 1.807) is 0 Å². The van der Waals surface area contributed by atoms with Gasteiger partial charge in [-0.1, -0.05) is 89.7 Å². The number of rotatable bonds is 29. The number of esters is 2. The van der Waals surface area contributed by atoms with E-state index in [0.717, 1.165) is 51.5 Å². The van der Waals surface area contributed by atoms with Crippen LogP contribution >= 0.6 is 0 Å². The van der Waals surface area contributed by atoms with Crippen molar-refractivity contribution in [3.8, 4) is 0 Å². The number of ether oxygens (including phenoxy) is 2. The summed E-state index contributed by atoms with van der Waals surface area (Å²) in [4.78, 5) is 25.8. The maximum absolute atomic E-state index is 12.4. The Hall–Kier alpha value is -1.36. The van der Waals surface area contributed by atoms with Gasteiger partial charge in [0, 0.05) is 12.8 Å². The van der Waals surface area contributed by atoms with Gasteiger partial charge in [0.15, 0.2) is 0 Å². The van der Waals surface area contributed by atoms with Crippen molar-refractivity contribution in [2.24, 2.45) is 0 Å². The Morgan fingerprint density at radius 1 is 0.615 bits per heavy atom. The molecule has 0 aromatic rings. The number of hydrogen-bond donors (Lipinski definition) is 0. The average Bonchev–Trinajstić information content (AvgIpc) is 2.90. The fraction of sp³-hybridized carbons (Fsp3) is 0.882. The zero-order valence-corrected chi connectivity index (χ0v) is 26.5. The van der Waals surface area contributed by atoms with Crippen LogP contribution in [0, 0.1) is 0 Å². The van der Waals surface area contributed by atoms with Gasteiger partial charge in [0.2, 0.25) is 0 Å². The van der Waals surface area contributed by atoms with Gasteiger partial charge in [-0.3, -0.25) is 9.59 Å². The summed E-state index contributed by atoms with van der Waals surface area (Å²) in [5, 5.41) is 0. The van der Waals surface area contributed by atoms with Crippen molar-refractivity contribution < 1.29 is 19.1 Å². The summed E-state index contributed by atoms with van der Waals surface area (Å²) < 4.78 is 10.9. The lowest BCUT2D eigenvalue weighted by Gasteiger charge is -2.18. The van der Waals surface area contributed by atoms with Crippen LogP contribution in [0.15, 0.2) is 12.2 Å². The van der Waals surface area contributed by atoms with Crippen LogP contribution in [0.25, 0.3) is 0 Å². The van der Waals surface area contributed by atoms with E-state index in [9.17, 15) is 9.59 Å². The molecule has 0 aromatic carbocycles. The predicted octanol–water partition coefficient (Wildman–Crippen LogP) is 9.57. The van der Waals surface area contributed by atoms with E-state index >= 15 is 0 Å². The SMILES string of the molecule is CCCCCCCCCC(CCCCCCCC/C=C\CCCCCC(=O)OCC)OC(=O)CCCN(C)C. The average molecular weight is 552 g/mol. The minimum absolute atomic E-state index is 0.00507. The van der Waals surface area contributed by atoms with E-state index in [4.69, 9.17) is 9.47 Å². The smallest absolute Gasteiger partial charge is 0.306 e. The topological polar surface area (TPSA) is 55.8 Å². The zero-order chi connectivity index (χ0) is 28.8. The normalized spacial score (nSPS) is 12.3. The van der Waals surface area contributed by atoms with E-state index < -0.39 is 0 Å². The third-order valence-electron chi connectivity index (χ3n) is 7.28. The largest absolute Gasteiger partial charge is 0.466 e. The molecule has 0 spiro atoms. The molecule has 1 atom stereocenters. The summed E-state index contributed by atoms with van der Waals surface area (Å²) in [6.45, 7) is 5.53. The first kappa shape index (κ1) is 37.6. The third-order valence-corrected chi connectivity index (χ3v) is 7.28. The third kappa shape index (κ3) is 29.4. The van der Waals surface area contributed by atoms with Gasteiger partial charge in [-0.15, -0.1) is 0 Å². The molecule has 0 aliphatic heterocycles. The quantitative estimate of drug-likeness (QED) is 0.0526. The van der Waals surface area contributed by atoms with Crippen molar-refractivity contribution in [3.63, 3.8) is 0 Å². The minimum Gasteiger partial charge on any atom is -0.466 e. The van der Waals surface area contributed by atoms with Crippen molar-refractivity contribution in [2.75, 3.05) is 27.2 Å². The number of carbonyl (C=O) groups is 2. The summed E-state index contributed by atoms with van der Waals surface area (Å²) in [6, 6.07) is 0. The van der Waals surface area contributed by atoms with E-state index in [2.05, 4.69) is 24.0 Å². The second-order valence-corrected chi connectivity index (χ2v) is 11.5. The van der Waals surface area contributed by atoms with Crippen LogP contribution < -0.4 is 0 Å². The molecule has 5 heteroatoms. The first-order valence-electron chi connectivity index (χ1n) is 16.6. The van der Waals surface area contributed by atoms with E-state index in [1.807, 2.05) is 21.0 Å². The molecule has 0 N–H and O–H groups in total. The summed E-state index contributed by atoms with van der Waals surface area (Å²) in [6.07, 6.45) is 30.9. The fourth-order valence-electron chi connectivity index (χ4n) is 4.89. The molecule has 1 unspecified atom stereocenters. The molecule has 0 aliphatic rings. The molecule has 0 saturated carbocycles. The highest BCUT2D eigenvalue weighted by molar-refractivity contribution is 5.69. The van der Waals surface area contributed by atoms with E-state index in [-0.39, 0.29) is 18.0 Å². The molecule has 0 saturated heterocycles. The van der Waals surface area contributed by atoms with Crippen LogP contribution in [0.2, 0.25) is 0 Å². The van der Waals surface area contributed by atoms with Gasteiger partial charge in [0.05, 0.1) is 6.61 Å².